The first-order chi connectivity index (χ1) is 10.2. The Hall–Kier alpha value is -2.36. The minimum Gasteiger partial charge on any atom is -0.463 e. The molecule has 10 nitrogen and oxygen atoms in total. The molecule has 2 amide bonds. The number of urea groups is 1. The fourth-order valence-corrected chi connectivity index (χ4v) is 1.97. The minimum absolute atomic E-state index is 0.248. The lowest BCUT2D eigenvalue weighted by molar-refractivity contribution is -0.165. The molecule has 1 rings (SSSR count). The number of hydrogen-bond acceptors (Lipinski definition) is 8. The first-order valence-corrected chi connectivity index (χ1v) is 6.40. The summed E-state index contributed by atoms with van der Waals surface area (Å²) in [6, 6.07) is -0.920. The summed E-state index contributed by atoms with van der Waals surface area (Å²) in [5.74, 6) is -1.89. The summed E-state index contributed by atoms with van der Waals surface area (Å²) in [5.41, 5.74) is 5.02. The van der Waals surface area contributed by atoms with E-state index in [1.165, 1.54) is 6.92 Å². The predicted octanol–water partition coefficient (Wildman–Crippen LogP) is -1.19. The van der Waals surface area contributed by atoms with Crippen molar-refractivity contribution in [3.63, 3.8) is 0 Å². The second kappa shape index (κ2) is 7.59. The van der Waals surface area contributed by atoms with E-state index in [4.69, 9.17) is 24.7 Å². The Morgan fingerprint density at radius 2 is 1.55 bits per heavy atom. The zero-order valence-electron chi connectivity index (χ0n) is 12.4. The Balaban J connectivity index is 2.94. The van der Waals surface area contributed by atoms with Crippen molar-refractivity contribution < 1.29 is 38.1 Å². The monoisotopic (exact) mass is 318 g/mol. The van der Waals surface area contributed by atoms with E-state index in [1.807, 2.05) is 0 Å². The van der Waals surface area contributed by atoms with Crippen molar-refractivity contribution in [2.75, 3.05) is 6.61 Å². The Bertz CT molecular complexity index is 466. The van der Waals surface area contributed by atoms with Gasteiger partial charge in [0.25, 0.3) is 0 Å². The number of hydrogen-bond donors (Lipinski definition) is 2. The summed E-state index contributed by atoms with van der Waals surface area (Å²) in [7, 11) is 0. The molecule has 1 fully saturated rings. The van der Waals surface area contributed by atoms with Crippen LogP contribution in [0.25, 0.3) is 0 Å². The van der Waals surface area contributed by atoms with Crippen LogP contribution >= 0.6 is 0 Å². The molecule has 0 aromatic carbocycles. The molecular formula is C12H18N2O8. The van der Waals surface area contributed by atoms with Crippen LogP contribution in [-0.2, 0) is 33.3 Å². The quantitative estimate of drug-likeness (QED) is 0.475. The molecule has 10 heteroatoms. The van der Waals surface area contributed by atoms with Crippen molar-refractivity contribution in [2.45, 2.75) is 45.3 Å². The number of esters is 3. The second-order valence-corrected chi connectivity index (χ2v) is 4.55. The number of rotatable bonds is 5. The van der Waals surface area contributed by atoms with E-state index in [1.54, 1.807) is 0 Å². The molecule has 0 unspecified atom stereocenters. The Labute approximate surface area is 126 Å². The number of carbonyl (C=O) groups is 4. The fourth-order valence-electron chi connectivity index (χ4n) is 1.97. The number of amides is 2. The van der Waals surface area contributed by atoms with E-state index in [2.05, 4.69) is 5.32 Å². The molecule has 3 N–H and O–H groups in total. The number of ether oxygens (including phenoxy) is 4. The van der Waals surface area contributed by atoms with Gasteiger partial charge in [-0.15, -0.1) is 0 Å². The number of primary amides is 1. The molecule has 0 aliphatic carbocycles. The lowest BCUT2D eigenvalue weighted by Crippen LogP contribution is -2.48. The van der Waals surface area contributed by atoms with Crippen LogP contribution in [0.3, 0.4) is 0 Å². The van der Waals surface area contributed by atoms with Crippen LogP contribution in [0.2, 0.25) is 0 Å². The average Bonchev–Trinajstić information content (AvgIpc) is 2.63. The van der Waals surface area contributed by atoms with E-state index in [-0.39, 0.29) is 6.61 Å². The van der Waals surface area contributed by atoms with E-state index in [9.17, 15) is 19.2 Å². The molecule has 0 aromatic heterocycles. The molecule has 0 radical (unpaired) electrons. The van der Waals surface area contributed by atoms with Gasteiger partial charge in [0, 0.05) is 20.8 Å². The van der Waals surface area contributed by atoms with Crippen molar-refractivity contribution in [1.82, 2.24) is 5.32 Å². The van der Waals surface area contributed by atoms with Crippen LogP contribution in [0.5, 0.6) is 0 Å². The second-order valence-electron chi connectivity index (χ2n) is 4.55. The van der Waals surface area contributed by atoms with Gasteiger partial charge in [0.05, 0.1) is 0 Å². The third-order valence-corrected chi connectivity index (χ3v) is 2.65. The summed E-state index contributed by atoms with van der Waals surface area (Å²) in [6.45, 7) is 3.24. The molecule has 0 spiro atoms. The highest BCUT2D eigenvalue weighted by atomic mass is 16.7. The van der Waals surface area contributed by atoms with Crippen molar-refractivity contribution in [2.24, 2.45) is 5.73 Å². The lowest BCUT2D eigenvalue weighted by atomic mass is 10.1. The summed E-state index contributed by atoms with van der Waals surface area (Å²) >= 11 is 0. The average molecular weight is 318 g/mol. The highest BCUT2D eigenvalue weighted by molar-refractivity contribution is 5.72. The molecule has 22 heavy (non-hydrogen) atoms. The first-order valence-electron chi connectivity index (χ1n) is 6.40. The topological polar surface area (TPSA) is 143 Å². The smallest absolute Gasteiger partial charge is 0.314 e. The molecule has 1 saturated heterocycles. The van der Waals surface area contributed by atoms with Gasteiger partial charge in [-0.1, -0.05) is 0 Å². The standard InChI is InChI=1S/C12H18N2O8/c1-5(15)19-4-8-9(20-6(2)16)10(21-7(3)17)11(22-8)14-12(13)18/h8-11H,4H2,1-3H3,(H3,13,14,18)/t8-,9-,10-,11-/m1/s1. The van der Waals surface area contributed by atoms with Crippen molar-refractivity contribution >= 4 is 23.9 Å². The van der Waals surface area contributed by atoms with Gasteiger partial charge < -0.3 is 30.0 Å². The van der Waals surface area contributed by atoms with Gasteiger partial charge in [-0.2, -0.15) is 0 Å². The molecule has 0 saturated carbocycles. The largest absolute Gasteiger partial charge is 0.463 e. The molecule has 1 aliphatic heterocycles. The van der Waals surface area contributed by atoms with Gasteiger partial charge >= 0.3 is 23.9 Å². The normalized spacial score (nSPS) is 26.9. The van der Waals surface area contributed by atoms with Gasteiger partial charge in [0.15, 0.2) is 18.4 Å². The fraction of sp³-hybridized carbons (Fsp3) is 0.667. The first kappa shape index (κ1) is 17.7. The zero-order valence-corrected chi connectivity index (χ0v) is 12.4. The maximum atomic E-state index is 11.2. The molecule has 124 valence electrons. The number of carbonyl (C=O) groups excluding carboxylic acids is 4. The molecule has 1 heterocycles. The van der Waals surface area contributed by atoms with Crippen LogP contribution in [-0.4, -0.2) is 55.1 Å². The summed E-state index contributed by atoms with van der Waals surface area (Å²) in [4.78, 5) is 44.3. The maximum absolute atomic E-state index is 11.2. The highest BCUT2D eigenvalue weighted by Crippen LogP contribution is 2.26. The zero-order chi connectivity index (χ0) is 16.9. The van der Waals surface area contributed by atoms with Crippen LogP contribution in [0, 0.1) is 0 Å². The molecular weight excluding hydrogens is 300 g/mol. The minimum atomic E-state index is -1.13. The van der Waals surface area contributed by atoms with Gasteiger partial charge in [-0.3, -0.25) is 14.4 Å². The predicted molar refractivity (Wildman–Crippen MR) is 69.1 cm³/mol. The summed E-state index contributed by atoms with van der Waals surface area (Å²) in [5, 5.41) is 2.23. The summed E-state index contributed by atoms with van der Waals surface area (Å²) in [6.07, 6.45) is -4.23. The lowest BCUT2D eigenvalue weighted by Gasteiger charge is -2.23. The Kier molecular flexibility index (Phi) is 6.11. The van der Waals surface area contributed by atoms with Crippen LogP contribution in [0.15, 0.2) is 0 Å². The van der Waals surface area contributed by atoms with E-state index < -0.39 is 48.5 Å². The SMILES string of the molecule is CC(=O)OC[C@H]1O[C@@H](NC(N)=O)[C@H](OC(C)=O)[C@@H]1OC(C)=O. The highest BCUT2D eigenvalue weighted by Gasteiger charge is 2.50. The Morgan fingerprint density at radius 3 is 2.00 bits per heavy atom. The molecule has 4 atom stereocenters. The van der Waals surface area contributed by atoms with Crippen molar-refractivity contribution in [3.05, 3.63) is 0 Å². The number of nitrogens with one attached hydrogen (secondary N) is 1. The van der Waals surface area contributed by atoms with E-state index >= 15 is 0 Å². The van der Waals surface area contributed by atoms with Gasteiger partial charge in [-0.05, 0) is 0 Å². The van der Waals surface area contributed by atoms with E-state index in [0.29, 0.717) is 0 Å². The van der Waals surface area contributed by atoms with Gasteiger partial charge in [-0.25, -0.2) is 4.79 Å². The van der Waals surface area contributed by atoms with Crippen LogP contribution in [0.4, 0.5) is 4.79 Å². The number of nitrogens with two attached hydrogens (primary N) is 1. The van der Waals surface area contributed by atoms with Crippen molar-refractivity contribution in [3.8, 4) is 0 Å². The molecule has 1 aliphatic rings. The maximum Gasteiger partial charge on any atom is 0.314 e. The summed E-state index contributed by atoms with van der Waals surface area (Å²) < 4.78 is 20.3. The van der Waals surface area contributed by atoms with Crippen LogP contribution < -0.4 is 11.1 Å². The van der Waals surface area contributed by atoms with E-state index in [0.717, 1.165) is 13.8 Å². The molecule has 0 aromatic rings. The Morgan fingerprint density at radius 1 is 1.00 bits per heavy atom. The molecule has 0 bridgehead atoms. The third-order valence-electron chi connectivity index (χ3n) is 2.65. The van der Waals surface area contributed by atoms with Gasteiger partial charge in [0.2, 0.25) is 0 Å². The van der Waals surface area contributed by atoms with Gasteiger partial charge in [0.1, 0.15) is 12.7 Å². The van der Waals surface area contributed by atoms with Crippen molar-refractivity contribution in [1.29, 1.82) is 0 Å². The van der Waals surface area contributed by atoms with Crippen LogP contribution in [0.1, 0.15) is 20.8 Å². The third kappa shape index (κ3) is 5.20.